The van der Waals surface area contributed by atoms with E-state index in [1.807, 2.05) is 45.0 Å². The van der Waals surface area contributed by atoms with Gasteiger partial charge in [0.15, 0.2) is 0 Å². The van der Waals surface area contributed by atoms with Crippen molar-refractivity contribution in [3.05, 3.63) is 86.1 Å². The molecule has 0 unspecified atom stereocenters. The summed E-state index contributed by atoms with van der Waals surface area (Å²) in [5.74, 6) is -0.565. The number of likely N-dealkylation sites (tertiary alicyclic amines) is 1. The fraction of sp³-hybridized carbons (Fsp3) is 0.486. The quantitative estimate of drug-likeness (QED) is 0.318. The Labute approximate surface area is 259 Å². The van der Waals surface area contributed by atoms with E-state index in [1.54, 1.807) is 6.07 Å². The Bertz CT molecular complexity index is 1540. The molecule has 1 aromatic heterocycles. The molecule has 8 nitrogen and oxygen atoms in total. The Balaban J connectivity index is 1.48. The minimum atomic E-state index is -0.285. The van der Waals surface area contributed by atoms with Crippen molar-refractivity contribution in [2.45, 2.75) is 78.6 Å². The van der Waals surface area contributed by atoms with E-state index in [9.17, 15) is 14.7 Å². The number of aromatic nitrogens is 1. The van der Waals surface area contributed by atoms with Crippen molar-refractivity contribution in [2.24, 2.45) is 0 Å². The van der Waals surface area contributed by atoms with Crippen LogP contribution in [0.15, 0.2) is 41.2 Å². The van der Waals surface area contributed by atoms with Crippen LogP contribution in [0.3, 0.4) is 0 Å². The first-order valence-corrected chi connectivity index (χ1v) is 15.8. The molecular formula is C35H45FN4O4. The fourth-order valence-electron chi connectivity index (χ4n) is 6.56. The lowest BCUT2D eigenvalue weighted by Gasteiger charge is -2.37. The van der Waals surface area contributed by atoms with E-state index in [2.05, 4.69) is 33.1 Å². The molecule has 0 spiro atoms. The minimum Gasteiger partial charge on any atom is -0.393 e. The Hall–Kier alpha value is -3.53. The number of hydrogen-bond acceptors (Lipinski definition) is 6. The van der Waals surface area contributed by atoms with Gasteiger partial charge in [0, 0.05) is 80.1 Å². The van der Waals surface area contributed by atoms with Crippen molar-refractivity contribution in [3.8, 4) is 11.1 Å². The molecule has 1 amide bonds. The number of carbonyl (C=O) groups is 1. The minimum absolute atomic E-state index is 0.105. The molecule has 0 radical (unpaired) electrons. The monoisotopic (exact) mass is 604 g/mol. The molecule has 2 fully saturated rings. The predicted octanol–water partition coefficient (Wildman–Crippen LogP) is 5.00. The number of halogens is 1. The second-order valence-corrected chi connectivity index (χ2v) is 12.2. The van der Waals surface area contributed by atoms with Gasteiger partial charge in [-0.3, -0.25) is 14.5 Å². The number of aromatic amines is 1. The van der Waals surface area contributed by atoms with Crippen LogP contribution in [0.5, 0.6) is 0 Å². The predicted molar refractivity (Wildman–Crippen MR) is 172 cm³/mol. The number of amides is 1. The molecule has 2 saturated heterocycles. The van der Waals surface area contributed by atoms with Crippen molar-refractivity contribution in [1.82, 2.24) is 15.2 Å². The summed E-state index contributed by atoms with van der Waals surface area (Å²) in [6.07, 6.45) is 2.92. The molecule has 0 aliphatic carbocycles. The molecule has 2 aliphatic heterocycles. The number of benzene rings is 2. The number of piperidine rings is 1. The van der Waals surface area contributed by atoms with Crippen LogP contribution in [0.25, 0.3) is 11.1 Å². The summed E-state index contributed by atoms with van der Waals surface area (Å²) in [7, 11) is 0. The highest BCUT2D eigenvalue weighted by atomic mass is 19.1. The number of carbonyl (C=O) groups excluding carboxylic acids is 1. The number of hydrogen-bond donors (Lipinski definition) is 3. The third-order valence-electron chi connectivity index (χ3n) is 9.16. The third kappa shape index (κ3) is 7.22. The van der Waals surface area contributed by atoms with Gasteiger partial charge in [-0.15, -0.1) is 0 Å². The molecular weight excluding hydrogens is 559 g/mol. The van der Waals surface area contributed by atoms with Gasteiger partial charge in [-0.1, -0.05) is 12.1 Å². The van der Waals surface area contributed by atoms with E-state index < -0.39 is 0 Å². The summed E-state index contributed by atoms with van der Waals surface area (Å²) in [5.41, 5.74) is 6.29. The van der Waals surface area contributed by atoms with E-state index in [4.69, 9.17) is 4.74 Å². The lowest BCUT2D eigenvalue weighted by Crippen LogP contribution is -2.40. The molecule has 236 valence electrons. The Morgan fingerprint density at radius 1 is 1.07 bits per heavy atom. The number of aliphatic hydroxyl groups is 1. The van der Waals surface area contributed by atoms with Crippen molar-refractivity contribution in [1.29, 1.82) is 0 Å². The van der Waals surface area contributed by atoms with Gasteiger partial charge in [0.05, 0.1) is 6.10 Å². The van der Waals surface area contributed by atoms with Crippen molar-refractivity contribution in [3.63, 3.8) is 0 Å². The number of aliphatic hydroxyl groups excluding tert-OH is 1. The highest BCUT2D eigenvalue weighted by Gasteiger charge is 2.25. The number of nitrogens with one attached hydrogen (secondary N) is 2. The molecule has 3 heterocycles. The van der Waals surface area contributed by atoms with E-state index in [0.29, 0.717) is 54.9 Å². The van der Waals surface area contributed by atoms with Gasteiger partial charge in [0.25, 0.3) is 11.5 Å². The molecule has 3 N–H and O–H groups in total. The molecule has 2 aromatic carbocycles. The van der Waals surface area contributed by atoms with Crippen LogP contribution >= 0.6 is 0 Å². The van der Waals surface area contributed by atoms with Crippen LogP contribution in [-0.4, -0.2) is 65.9 Å². The summed E-state index contributed by atoms with van der Waals surface area (Å²) in [4.78, 5) is 33.7. The van der Waals surface area contributed by atoms with Gasteiger partial charge in [0.2, 0.25) is 0 Å². The molecule has 44 heavy (non-hydrogen) atoms. The van der Waals surface area contributed by atoms with Gasteiger partial charge in [-0.25, -0.2) is 4.39 Å². The Morgan fingerprint density at radius 3 is 2.45 bits per heavy atom. The van der Waals surface area contributed by atoms with Crippen LogP contribution in [0.4, 0.5) is 10.1 Å². The SMILES string of the molecule is CCN(c1cc(-c2ccc(CN3CCC(O)CC3)c(F)c2)cc(C(=O)NCc2c(C)cc(C)[nH]c2=O)c1C)C1CCOCC1. The number of pyridine rings is 1. The number of rotatable bonds is 9. The first-order chi connectivity index (χ1) is 21.1. The summed E-state index contributed by atoms with van der Waals surface area (Å²) in [5, 5.41) is 12.8. The number of aryl methyl sites for hydroxylation is 2. The van der Waals surface area contributed by atoms with Crippen LogP contribution in [0.1, 0.15) is 70.9 Å². The van der Waals surface area contributed by atoms with Crippen LogP contribution in [0.2, 0.25) is 0 Å². The molecule has 9 heteroatoms. The van der Waals surface area contributed by atoms with Gasteiger partial charge in [-0.2, -0.15) is 0 Å². The number of anilines is 1. The summed E-state index contributed by atoms with van der Waals surface area (Å²) < 4.78 is 21.1. The number of ether oxygens (including phenoxy) is 1. The van der Waals surface area contributed by atoms with Crippen LogP contribution < -0.4 is 15.8 Å². The van der Waals surface area contributed by atoms with Gasteiger partial charge in [0.1, 0.15) is 5.82 Å². The first-order valence-electron chi connectivity index (χ1n) is 15.8. The average molecular weight is 605 g/mol. The lowest BCUT2D eigenvalue weighted by atomic mass is 9.94. The zero-order valence-electron chi connectivity index (χ0n) is 26.3. The van der Waals surface area contributed by atoms with Crippen LogP contribution in [0, 0.1) is 26.6 Å². The highest BCUT2D eigenvalue weighted by Crippen LogP contribution is 2.34. The maximum absolute atomic E-state index is 15.5. The maximum Gasteiger partial charge on any atom is 0.253 e. The van der Waals surface area contributed by atoms with E-state index in [-0.39, 0.29) is 36.0 Å². The van der Waals surface area contributed by atoms with Crippen LogP contribution in [-0.2, 0) is 17.8 Å². The van der Waals surface area contributed by atoms with Crippen molar-refractivity contribution in [2.75, 3.05) is 37.7 Å². The van der Waals surface area contributed by atoms with E-state index in [0.717, 1.165) is 60.5 Å². The molecule has 0 saturated carbocycles. The summed E-state index contributed by atoms with van der Waals surface area (Å²) >= 11 is 0. The molecule has 0 bridgehead atoms. The second-order valence-electron chi connectivity index (χ2n) is 12.2. The molecule has 0 atom stereocenters. The van der Waals surface area contributed by atoms with E-state index >= 15 is 4.39 Å². The summed E-state index contributed by atoms with van der Waals surface area (Å²) in [6, 6.07) is 11.4. The van der Waals surface area contributed by atoms with E-state index in [1.165, 1.54) is 0 Å². The Kier molecular flexibility index (Phi) is 10.2. The zero-order chi connectivity index (χ0) is 31.4. The molecule has 3 aromatic rings. The third-order valence-corrected chi connectivity index (χ3v) is 9.16. The normalized spacial score (nSPS) is 16.7. The molecule has 5 rings (SSSR count). The maximum atomic E-state index is 15.5. The Morgan fingerprint density at radius 2 is 1.80 bits per heavy atom. The second kappa shape index (κ2) is 14.1. The largest absolute Gasteiger partial charge is 0.393 e. The van der Waals surface area contributed by atoms with Crippen molar-refractivity contribution >= 4 is 11.6 Å². The van der Waals surface area contributed by atoms with Gasteiger partial charge < -0.3 is 25.0 Å². The molecule has 2 aliphatic rings. The van der Waals surface area contributed by atoms with Crippen molar-refractivity contribution < 1.29 is 19.0 Å². The smallest absolute Gasteiger partial charge is 0.253 e. The average Bonchev–Trinajstić information content (AvgIpc) is 3.00. The number of nitrogens with zero attached hydrogens (tertiary/aromatic N) is 2. The zero-order valence-corrected chi connectivity index (χ0v) is 26.3. The van der Waals surface area contributed by atoms with Gasteiger partial charge >= 0.3 is 0 Å². The number of H-pyrrole nitrogens is 1. The topological polar surface area (TPSA) is 97.9 Å². The first kappa shape index (κ1) is 31.9. The van der Waals surface area contributed by atoms with Gasteiger partial charge in [-0.05, 0) is 99.9 Å². The standard InChI is InChI=1S/C35H45FN4O4/c1-5-40(28-10-14-44-15-11-28)33-19-27(25-6-7-26(32(36)18-25)21-39-12-8-29(41)9-13-39)17-30(24(33)4)34(42)37-20-31-22(2)16-23(3)38-35(31)43/h6-7,16-19,28-29,41H,5,8-15,20-21H2,1-4H3,(H,37,42)(H,38,43). The summed E-state index contributed by atoms with van der Waals surface area (Å²) in [6.45, 7) is 12.0. The fourth-order valence-corrected chi connectivity index (χ4v) is 6.56. The lowest BCUT2D eigenvalue weighted by molar-refractivity contribution is 0.0787. The highest BCUT2D eigenvalue weighted by molar-refractivity contribution is 5.99.